The van der Waals surface area contributed by atoms with Gasteiger partial charge in [0.05, 0.1) is 19.3 Å². The van der Waals surface area contributed by atoms with Crippen molar-refractivity contribution in [3.63, 3.8) is 0 Å². The van der Waals surface area contributed by atoms with E-state index in [1.54, 1.807) is 0 Å². The van der Waals surface area contributed by atoms with E-state index < -0.39 is 24.2 Å². The average Bonchev–Trinajstić information content (AvgIpc) is 2.20. The van der Waals surface area contributed by atoms with E-state index in [1.165, 1.54) is 0 Å². The summed E-state index contributed by atoms with van der Waals surface area (Å²) in [4.78, 5) is 21.7. The number of carboxylic acid groups (broad SMARTS) is 1. The number of rotatable bonds is 4. The fourth-order valence-corrected chi connectivity index (χ4v) is 0.951. The number of hydrogen-bond donors (Lipinski definition) is 3. The number of nitrogens with zero attached hydrogens (tertiary/aromatic N) is 2. The largest absolute Gasteiger partial charge is 0.476 e. The molecule has 0 aliphatic carbocycles. The molecule has 0 radical (unpaired) electrons. The van der Waals surface area contributed by atoms with Crippen molar-refractivity contribution in [3.05, 3.63) is 28.2 Å². The number of aromatic carboxylic acids is 1. The van der Waals surface area contributed by atoms with Crippen LogP contribution in [0.3, 0.4) is 0 Å². The maximum Gasteiger partial charge on any atom is 0.356 e. The molecule has 1 heterocycles. The number of carboxylic acids is 1. The monoisotopic (exact) mass is 214 g/mol. The van der Waals surface area contributed by atoms with Gasteiger partial charge in [0.25, 0.3) is 5.56 Å². The standard InChI is InChI=1S/C8H10N2O5/c11-4-5(12)3-10-7(13)2-1-6(9-10)8(14)15/h1-2,5,11-12H,3-4H2,(H,14,15). The third-order valence-electron chi connectivity index (χ3n) is 1.68. The third-order valence-corrected chi connectivity index (χ3v) is 1.68. The van der Waals surface area contributed by atoms with Gasteiger partial charge in [0.2, 0.25) is 0 Å². The first-order valence-electron chi connectivity index (χ1n) is 4.15. The lowest BCUT2D eigenvalue weighted by atomic mass is 10.3. The Morgan fingerprint density at radius 2 is 2.20 bits per heavy atom. The summed E-state index contributed by atoms with van der Waals surface area (Å²) in [6.07, 6.45) is -1.14. The molecule has 1 aromatic rings. The van der Waals surface area contributed by atoms with Gasteiger partial charge >= 0.3 is 5.97 Å². The van der Waals surface area contributed by atoms with Gasteiger partial charge in [-0.3, -0.25) is 4.79 Å². The smallest absolute Gasteiger partial charge is 0.356 e. The van der Waals surface area contributed by atoms with E-state index in [0.717, 1.165) is 16.8 Å². The zero-order chi connectivity index (χ0) is 11.4. The molecule has 0 aliphatic heterocycles. The van der Waals surface area contributed by atoms with E-state index >= 15 is 0 Å². The first-order valence-corrected chi connectivity index (χ1v) is 4.15. The van der Waals surface area contributed by atoms with Gasteiger partial charge in [0, 0.05) is 6.07 Å². The van der Waals surface area contributed by atoms with Crippen molar-refractivity contribution in [1.82, 2.24) is 9.78 Å². The van der Waals surface area contributed by atoms with Gasteiger partial charge in [0.1, 0.15) is 0 Å². The molecule has 3 N–H and O–H groups in total. The minimum Gasteiger partial charge on any atom is -0.476 e. The molecule has 1 unspecified atom stereocenters. The fourth-order valence-electron chi connectivity index (χ4n) is 0.951. The Balaban J connectivity index is 3.00. The Morgan fingerprint density at radius 3 is 2.73 bits per heavy atom. The fraction of sp³-hybridized carbons (Fsp3) is 0.375. The molecular formula is C8H10N2O5. The number of carbonyl (C=O) groups is 1. The van der Waals surface area contributed by atoms with Gasteiger partial charge in [0.15, 0.2) is 5.69 Å². The van der Waals surface area contributed by atoms with Crippen LogP contribution >= 0.6 is 0 Å². The van der Waals surface area contributed by atoms with Crippen LogP contribution < -0.4 is 5.56 Å². The summed E-state index contributed by atoms with van der Waals surface area (Å²) in [7, 11) is 0. The SMILES string of the molecule is O=C(O)c1ccc(=O)n(CC(O)CO)n1. The quantitative estimate of drug-likeness (QED) is 0.550. The highest BCUT2D eigenvalue weighted by atomic mass is 16.4. The van der Waals surface area contributed by atoms with Gasteiger partial charge in [-0.2, -0.15) is 5.10 Å². The zero-order valence-corrected chi connectivity index (χ0v) is 7.70. The first-order chi connectivity index (χ1) is 7.04. The van der Waals surface area contributed by atoms with Crippen LogP contribution in [-0.4, -0.2) is 43.8 Å². The predicted octanol–water partition coefficient (Wildman–Crippen LogP) is -1.71. The van der Waals surface area contributed by atoms with E-state index in [9.17, 15) is 9.59 Å². The number of aromatic nitrogens is 2. The topological polar surface area (TPSA) is 113 Å². The second-order valence-electron chi connectivity index (χ2n) is 2.88. The van der Waals surface area contributed by atoms with E-state index in [-0.39, 0.29) is 12.2 Å². The molecule has 0 fully saturated rings. The van der Waals surface area contributed by atoms with Crippen LogP contribution in [0, 0.1) is 0 Å². The van der Waals surface area contributed by atoms with Crippen LogP contribution in [0.15, 0.2) is 16.9 Å². The lowest BCUT2D eigenvalue weighted by Crippen LogP contribution is -2.31. The summed E-state index contributed by atoms with van der Waals surface area (Å²) in [5.41, 5.74) is -0.827. The van der Waals surface area contributed by atoms with Crippen LogP contribution in [0.1, 0.15) is 10.5 Å². The van der Waals surface area contributed by atoms with Crippen molar-refractivity contribution in [2.24, 2.45) is 0 Å². The Bertz CT molecular complexity index is 414. The molecule has 7 nitrogen and oxygen atoms in total. The second kappa shape index (κ2) is 4.67. The van der Waals surface area contributed by atoms with Crippen molar-refractivity contribution in [2.75, 3.05) is 6.61 Å². The molecule has 82 valence electrons. The number of aliphatic hydroxyl groups is 2. The minimum absolute atomic E-state index is 0.240. The lowest BCUT2D eigenvalue weighted by Gasteiger charge is -2.08. The summed E-state index contributed by atoms with van der Waals surface area (Å²) in [6.45, 7) is -0.762. The van der Waals surface area contributed by atoms with Crippen LogP contribution in [0.5, 0.6) is 0 Å². The van der Waals surface area contributed by atoms with Gasteiger partial charge in [-0.15, -0.1) is 0 Å². The molecule has 0 amide bonds. The van der Waals surface area contributed by atoms with Crippen molar-refractivity contribution in [1.29, 1.82) is 0 Å². The van der Waals surface area contributed by atoms with Gasteiger partial charge < -0.3 is 15.3 Å². The van der Waals surface area contributed by atoms with E-state index in [0.29, 0.717) is 0 Å². The number of hydrogen-bond acceptors (Lipinski definition) is 5. The van der Waals surface area contributed by atoms with Gasteiger partial charge in [-0.1, -0.05) is 0 Å². The zero-order valence-electron chi connectivity index (χ0n) is 7.70. The third kappa shape index (κ3) is 2.86. The average molecular weight is 214 g/mol. The van der Waals surface area contributed by atoms with Crippen molar-refractivity contribution >= 4 is 5.97 Å². The molecule has 0 saturated carbocycles. The van der Waals surface area contributed by atoms with Crippen molar-refractivity contribution in [3.8, 4) is 0 Å². The highest BCUT2D eigenvalue weighted by molar-refractivity contribution is 5.84. The summed E-state index contributed by atoms with van der Waals surface area (Å²) >= 11 is 0. The normalized spacial score (nSPS) is 12.4. The molecule has 1 aromatic heterocycles. The van der Waals surface area contributed by atoms with Crippen LogP contribution in [0.25, 0.3) is 0 Å². The maximum atomic E-state index is 11.2. The second-order valence-corrected chi connectivity index (χ2v) is 2.88. The molecule has 0 aromatic carbocycles. The first kappa shape index (κ1) is 11.3. The van der Waals surface area contributed by atoms with Crippen LogP contribution in [0.2, 0.25) is 0 Å². The maximum absolute atomic E-state index is 11.2. The lowest BCUT2D eigenvalue weighted by molar-refractivity contribution is 0.0671. The highest BCUT2D eigenvalue weighted by Gasteiger charge is 2.10. The Kier molecular flexibility index (Phi) is 3.53. The van der Waals surface area contributed by atoms with Crippen LogP contribution in [-0.2, 0) is 6.54 Å². The summed E-state index contributed by atoms with van der Waals surface area (Å²) in [6, 6.07) is 2.12. The Hall–Kier alpha value is -1.73. The molecule has 0 spiro atoms. The minimum atomic E-state index is -1.26. The molecular weight excluding hydrogens is 204 g/mol. The molecule has 15 heavy (non-hydrogen) atoms. The summed E-state index contributed by atoms with van der Waals surface area (Å²) < 4.78 is 0.796. The highest BCUT2D eigenvalue weighted by Crippen LogP contribution is 1.91. The van der Waals surface area contributed by atoms with Crippen LogP contribution in [0.4, 0.5) is 0 Å². The molecule has 1 rings (SSSR count). The predicted molar refractivity (Wildman–Crippen MR) is 48.5 cm³/mol. The van der Waals surface area contributed by atoms with E-state index in [2.05, 4.69) is 5.10 Å². The Labute approximate surface area is 84.2 Å². The summed E-state index contributed by atoms with van der Waals surface area (Å²) in [5.74, 6) is -1.26. The van der Waals surface area contributed by atoms with E-state index in [1.807, 2.05) is 0 Å². The molecule has 1 atom stereocenters. The molecule has 0 bridgehead atoms. The molecule has 7 heteroatoms. The van der Waals surface area contributed by atoms with Crippen molar-refractivity contribution in [2.45, 2.75) is 12.6 Å². The Morgan fingerprint density at radius 1 is 1.53 bits per heavy atom. The van der Waals surface area contributed by atoms with Crippen molar-refractivity contribution < 1.29 is 20.1 Å². The molecule has 0 saturated heterocycles. The van der Waals surface area contributed by atoms with Gasteiger partial charge in [-0.25, -0.2) is 9.48 Å². The van der Waals surface area contributed by atoms with Gasteiger partial charge in [-0.05, 0) is 6.07 Å². The van der Waals surface area contributed by atoms with E-state index in [4.69, 9.17) is 15.3 Å². The summed E-state index contributed by atoms with van der Waals surface area (Å²) in [5, 5.41) is 29.7. The molecule has 0 aliphatic rings. The number of aliphatic hydroxyl groups excluding tert-OH is 2.